The third-order valence-electron chi connectivity index (χ3n) is 5.90. The second-order valence-corrected chi connectivity index (χ2v) is 11.0. The fourth-order valence-electron chi connectivity index (χ4n) is 4.21. The monoisotopic (exact) mass is 456 g/mol. The Kier molecular flexibility index (Phi) is 5.51. The number of aromatic nitrogens is 1. The molecule has 2 heterocycles. The zero-order valence-electron chi connectivity index (χ0n) is 17.1. The molecule has 0 atom stereocenters. The third-order valence-corrected chi connectivity index (χ3v) is 8.87. The van der Waals surface area contributed by atoms with Gasteiger partial charge in [0.25, 0.3) is 0 Å². The van der Waals surface area contributed by atoms with E-state index in [1.54, 1.807) is 23.5 Å². The first kappa shape index (κ1) is 20.6. The summed E-state index contributed by atoms with van der Waals surface area (Å²) in [6.07, 6.45) is 3.20. The standard InChI is InChI=1S/C22H24N4O3S2/c27-21(24-22-23-19-6-3-7-20(19)30-22)15-25-10-12-26(13-11-25)31(28,29)18-9-8-16-4-1-2-5-17(16)14-18/h1-2,4-5,8-9,14H,3,6-7,10-13,15H2,(H,23,24,27). The van der Waals surface area contributed by atoms with Crippen LogP contribution in [0.3, 0.4) is 0 Å². The van der Waals surface area contributed by atoms with Crippen molar-refractivity contribution < 1.29 is 13.2 Å². The highest BCUT2D eigenvalue weighted by atomic mass is 32.2. The summed E-state index contributed by atoms with van der Waals surface area (Å²) in [5.74, 6) is -0.0988. The Bertz CT molecular complexity index is 1210. The van der Waals surface area contributed by atoms with Crippen molar-refractivity contribution in [3.05, 3.63) is 53.0 Å². The molecular formula is C22H24N4O3S2. The summed E-state index contributed by atoms with van der Waals surface area (Å²) < 4.78 is 27.7. The molecule has 0 bridgehead atoms. The maximum Gasteiger partial charge on any atom is 0.243 e. The van der Waals surface area contributed by atoms with E-state index in [0.717, 1.165) is 35.7 Å². The first-order valence-corrected chi connectivity index (χ1v) is 12.7. The number of fused-ring (bicyclic) bond motifs is 2. The molecule has 0 radical (unpaired) electrons. The molecule has 1 amide bonds. The topological polar surface area (TPSA) is 82.6 Å². The van der Waals surface area contributed by atoms with Gasteiger partial charge in [0.15, 0.2) is 5.13 Å². The van der Waals surface area contributed by atoms with Crippen LogP contribution in [0.1, 0.15) is 17.0 Å². The van der Waals surface area contributed by atoms with Crippen LogP contribution in [0.15, 0.2) is 47.4 Å². The number of nitrogens with zero attached hydrogens (tertiary/aromatic N) is 3. The van der Waals surface area contributed by atoms with Crippen molar-refractivity contribution in [2.24, 2.45) is 0 Å². The molecule has 9 heteroatoms. The van der Waals surface area contributed by atoms with E-state index in [1.807, 2.05) is 35.2 Å². The number of anilines is 1. The summed E-state index contributed by atoms with van der Waals surface area (Å²) in [5.41, 5.74) is 1.12. The molecule has 2 aliphatic rings. The summed E-state index contributed by atoms with van der Waals surface area (Å²) >= 11 is 1.57. The lowest BCUT2D eigenvalue weighted by Crippen LogP contribution is -2.50. The van der Waals surface area contributed by atoms with Gasteiger partial charge in [-0.25, -0.2) is 13.4 Å². The van der Waals surface area contributed by atoms with Crippen molar-refractivity contribution in [2.45, 2.75) is 24.2 Å². The lowest BCUT2D eigenvalue weighted by molar-refractivity contribution is -0.117. The number of carbonyl (C=O) groups is 1. The Balaban J connectivity index is 1.18. The van der Waals surface area contributed by atoms with Crippen LogP contribution in [-0.2, 0) is 27.7 Å². The minimum atomic E-state index is -3.55. The first-order valence-electron chi connectivity index (χ1n) is 10.5. The minimum absolute atomic E-state index is 0.0988. The maximum atomic E-state index is 13.1. The molecule has 0 saturated carbocycles. The molecular weight excluding hydrogens is 432 g/mol. The number of nitrogens with one attached hydrogen (secondary N) is 1. The second kappa shape index (κ2) is 8.31. The molecule has 2 aromatic carbocycles. The fraction of sp³-hybridized carbons (Fsp3) is 0.364. The molecule has 162 valence electrons. The number of thiazole rings is 1. The van der Waals surface area contributed by atoms with Crippen molar-refractivity contribution in [1.82, 2.24) is 14.2 Å². The zero-order chi connectivity index (χ0) is 21.4. The lowest BCUT2D eigenvalue weighted by Gasteiger charge is -2.33. The number of sulfonamides is 1. The number of carbonyl (C=O) groups excluding carboxylic acids is 1. The number of benzene rings is 2. The average molecular weight is 457 g/mol. The fourth-order valence-corrected chi connectivity index (χ4v) is 6.73. The average Bonchev–Trinajstić information content (AvgIpc) is 3.35. The molecule has 7 nitrogen and oxygen atoms in total. The third kappa shape index (κ3) is 4.23. The van der Waals surface area contributed by atoms with E-state index in [0.29, 0.717) is 36.2 Å². The van der Waals surface area contributed by atoms with Crippen molar-refractivity contribution >= 4 is 43.2 Å². The Hall–Kier alpha value is -2.33. The summed E-state index contributed by atoms with van der Waals surface area (Å²) in [5, 5.41) is 5.50. The molecule has 1 aliphatic heterocycles. The van der Waals surface area contributed by atoms with E-state index >= 15 is 0 Å². The predicted molar refractivity (Wildman–Crippen MR) is 122 cm³/mol. The van der Waals surface area contributed by atoms with Gasteiger partial charge >= 0.3 is 0 Å². The van der Waals surface area contributed by atoms with Gasteiger partial charge in [0.2, 0.25) is 15.9 Å². The van der Waals surface area contributed by atoms with Crippen LogP contribution in [0.25, 0.3) is 10.8 Å². The van der Waals surface area contributed by atoms with Gasteiger partial charge in [-0.1, -0.05) is 30.3 Å². The van der Waals surface area contributed by atoms with Crippen LogP contribution >= 0.6 is 11.3 Å². The summed E-state index contributed by atoms with van der Waals surface area (Å²) in [4.78, 5) is 20.5. The van der Waals surface area contributed by atoms with Gasteiger partial charge in [0.05, 0.1) is 17.1 Å². The van der Waals surface area contributed by atoms with Crippen LogP contribution in [0.4, 0.5) is 5.13 Å². The number of piperazine rings is 1. The molecule has 1 N–H and O–H groups in total. The van der Waals surface area contributed by atoms with Gasteiger partial charge in [0, 0.05) is 31.1 Å². The lowest BCUT2D eigenvalue weighted by atomic mass is 10.1. The van der Waals surface area contributed by atoms with Crippen molar-refractivity contribution in [3.63, 3.8) is 0 Å². The minimum Gasteiger partial charge on any atom is -0.301 e. The van der Waals surface area contributed by atoms with Gasteiger partial charge < -0.3 is 5.32 Å². The molecule has 1 saturated heterocycles. The zero-order valence-corrected chi connectivity index (χ0v) is 18.7. The van der Waals surface area contributed by atoms with E-state index in [-0.39, 0.29) is 12.5 Å². The van der Waals surface area contributed by atoms with Gasteiger partial charge in [-0.2, -0.15) is 4.31 Å². The van der Waals surface area contributed by atoms with Crippen molar-refractivity contribution in [1.29, 1.82) is 0 Å². The van der Waals surface area contributed by atoms with Gasteiger partial charge in [0.1, 0.15) is 0 Å². The Labute approximate surface area is 185 Å². The highest BCUT2D eigenvalue weighted by Gasteiger charge is 2.29. The number of aryl methyl sites for hydroxylation is 2. The van der Waals surface area contributed by atoms with E-state index in [1.165, 1.54) is 9.18 Å². The van der Waals surface area contributed by atoms with E-state index < -0.39 is 10.0 Å². The van der Waals surface area contributed by atoms with Gasteiger partial charge in [-0.3, -0.25) is 9.69 Å². The molecule has 1 aromatic heterocycles. The largest absolute Gasteiger partial charge is 0.301 e. The SMILES string of the molecule is O=C(CN1CCN(S(=O)(=O)c2ccc3ccccc3c2)CC1)Nc1nc2c(s1)CCC2. The molecule has 1 fully saturated rings. The summed E-state index contributed by atoms with van der Waals surface area (Å²) in [6, 6.07) is 13.0. The number of hydrogen-bond donors (Lipinski definition) is 1. The van der Waals surface area contributed by atoms with Crippen LogP contribution in [0.5, 0.6) is 0 Å². The Morgan fingerprint density at radius 2 is 1.81 bits per heavy atom. The Morgan fingerprint density at radius 1 is 1.03 bits per heavy atom. The van der Waals surface area contributed by atoms with E-state index in [4.69, 9.17) is 0 Å². The van der Waals surface area contributed by atoms with Crippen LogP contribution in [0, 0.1) is 0 Å². The van der Waals surface area contributed by atoms with Crippen LogP contribution < -0.4 is 5.32 Å². The highest BCUT2D eigenvalue weighted by molar-refractivity contribution is 7.89. The number of amides is 1. The van der Waals surface area contributed by atoms with E-state index in [2.05, 4.69) is 10.3 Å². The first-order chi connectivity index (χ1) is 15.0. The second-order valence-electron chi connectivity index (χ2n) is 7.98. The molecule has 0 unspecified atom stereocenters. The highest BCUT2D eigenvalue weighted by Crippen LogP contribution is 2.30. The van der Waals surface area contributed by atoms with Crippen molar-refractivity contribution in [2.75, 3.05) is 38.0 Å². The molecule has 0 spiro atoms. The molecule has 5 rings (SSSR count). The smallest absolute Gasteiger partial charge is 0.243 e. The molecule has 3 aromatic rings. The molecule has 1 aliphatic carbocycles. The van der Waals surface area contributed by atoms with Gasteiger partial charge in [-0.05, 0) is 42.2 Å². The van der Waals surface area contributed by atoms with Crippen LogP contribution in [-0.4, -0.2) is 61.2 Å². The maximum absolute atomic E-state index is 13.1. The summed E-state index contributed by atoms with van der Waals surface area (Å²) in [7, 11) is -3.55. The summed E-state index contributed by atoms with van der Waals surface area (Å²) in [6.45, 7) is 2.03. The normalized spacial score (nSPS) is 17.7. The number of rotatable bonds is 5. The quantitative estimate of drug-likeness (QED) is 0.638. The molecule has 31 heavy (non-hydrogen) atoms. The number of hydrogen-bond acceptors (Lipinski definition) is 6. The predicted octanol–water partition coefficient (Wildman–Crippen LogP) is 2.73. The van der Waals surface area contributed by atoms with Crippen LogP contribution in [0.2, 0.25) is 0 Å². The van der Waals surface area contributed by atoms with E-state index in [9.17, 15) is 13.2 Å². The van der Waals surface area contributed by atoms with Gasteiger partial charge in [-0.15, -0.1) is 11.3 Å². The Morgan fingerprint density at radius 3 is 2.58 bits per heavy atom. The van der Waals surface area contributed by atoms with Crippen molar-refractivity contribution in [3.8, 4) is 0 Å².